The van der Waals surface area contributed by atoms with Crippen molar-refractivity contribution in [2.75, 3.05) is 43.0 Å². The van der Waals surface area contributed by atoms with Crippen LogP contribution >= 0.6 is 21.6 Å². The molecule has 0 fully saturated rings. The lowest BCUT2D eigenvalue weighted by Crippen LogP contribution is -2.39. The van der Waals surface area contributed by atoms with Crippen LogP contribution in [0.5, 0.6) is 0 Å². The molecule has 11 nitrogen and oxygen atoms in total. The first-order chi connectivity index (χ1) is 15.3. The van der Waals surface area contributed by atoms with Gasteiger partial charge in [-0.15, -0.1) is 0 Å². The zero-order chi connectivity index (χ0) is 23.8. The second-order valence-electron chi connectivity index (χ2n) is 6.31. The maximum atomic E-state index is 11.8. The average Bonchev–Trinajstić information content (AvgIpc) is 2.76. The molecular weight excluding hydrogens is 458 g/mol. The van der Waals surface area contributed by atoms with Crippen molar-refractivity contribution >= 4 is 56.9 Å². The van der Waals surface area contributed by atoms with Crippen molar-refractivity contribution in [3.63, 3.8) is 0 Å². The number of hydrogen-bond acceptors (Lipinski definition) is 8. The van der Waals surface area contributed by atoms with E-state index in [1.165, 1.54) is 21.6 Å². The number of carbonyl (C=O) groups is 5. The minimum atomic E-state index is -1.57. The van der Waals surface area contributed by atoms with Crippen LogP contribution in [0.3, 0.4) is 0 Å². The summed E-state index contributed by atoms with van der Waals surface area (Å²) in [4.78, 5) is 56.7. The molecule has 1 rings (SSSR count). The summed E-state index contributed by atoms with van der Waals surface area (Å²) in [5.74, 6) is -2.49. The van der Waals surface area contributed by atoms with Crippen molar-refractivity contribution in [3.8, 4) is 0 Å². The first kappa shape index (κ1) is 27.3. The molecule has 0 aliphatic heterocycles. The third-order valence-electron chi connectivity index (χ3n) is 3.74. The molecule has 0 saturated carbocycles. The number of anilines is 1. The molecule has 0 aromatic heterocycles. The summed E-state index contributed by atoms with van der Waals surface area (Å²) in [5.41, 5.74) is 6.58. The molecule has 0 radical (unpaired) electrons. The Labute approximate surface area is 193 Å². The molecule has 32 heavy (non-hydrogen) atoms. The van der Waals surface area contributed by atoms with Gasteiger partial charge in [-0.1, -0.05) is 33.7 Å². The Morgan fingerprint density at radius 2 is 1.56 bits per heavy atom. The Bertz CT molecular complexity index is 791. The molecule has 176 valence electrons. The molecule has 0 saturated heterocycles. The maximum absolute atomic E-state index is 11.8. The van der Waals surface area contributed by atoms with E-state index in [0.29, 0.717) is 25.2 Å². The van der Waals surface area contributed by atoms with E-state index in [9.17, 15) is 24.0 Å². The van der Waals surface area contributed by atoms with Gasteiger partial charge < -0.3 is 32.1 Å². The fourth-order valence-corrected chi connectivity index (χ4v) is 3.90. The number of nitrogens with one attached hydrogen (secondary N) is 4. The van der Waals surface area contributed by atoms with Crippen LogP contribution in [0.4, 0.5) is 5.69 Å². The van der Waals surface area contributed by atoms with E-state index in [1.54, 1.807) is 24.3 Å². The molecule has 0 aliphatic carbocycles. The molecule has 4 amide bonds. The van der Waals surface area contributed by atoms with Gasteiger partial charge in [0.2, 0.25) is 17.7 Å². The highest BCUT2D eigenvalue weighted by Gasteiger charge is 2.11. The van der Waals surface area contributed by atoms with Crippen molar-refractivity contribution in [3.05, 3.63) is 29.8 Å². The fraction of sp³-hybridized carbons (Fsp3) is 0.421. The normalized spacial score (nSPS) is 10.2. The molecule has 0 unspecified atom stereocenters. The van der Waals surface area contributed by atoms with E-state index in [1.807, 2.05) is 0 Å². The summed E-state index contributed by atoms with van der Waals surface area (Å²) >= 11 is 0. The molecule has 0 bridgehead atoms. The molecule has 0 aliphatic rings. The maximum Gasteiger partial charge on any atom is 0.394 e. The van der Waals surface area contributed by atoms with E-state index in [4.69, 9.17) is 10.8 Å². The van der Waals surface area contributed by atoms with Crippen molar-refractivity contribution in [1.29, 1.82) is 0 Å². The van der Waals surface area contributed by atoms with Crippen LogP contribution in [-0.2, 0) is 30.4 Å². The summed E-state index contributed by atoms with van der Waals surface area (Å²) in [5, 5.41) is 18.6. The van der Waals surface area contributed by atoms with E-state index in [-0.39, 0.29) is 43.0 Å². The first-order valence-electron chi connectivity index (χ1n) is 9.69. The van der Waals surface area contributed by atoms with Gasteiger partial charge in [-0.3, -0.25) is 19.2 Å². The van der Waals surface area contributed by atoms with E-state index in [0.717, 1.165) is 11.3 Å². The standard InChI is InChI=1S/C19H27N5O6S2/c20-7-10-31-32-12-17(27)22-9-6-15(25)23-11-16(26)21-8-5-13-1-3-14(4-2-13)24-18(28)19(29)30/h1-4H,5-12,20H2,(H,21,26)(H,22,27)(H,23,25)(H,24,28)(H,29,30). The van der Waals surface area contributed by atoms with Gasteiger partial charge in [0.1, 0.15) is 0 Å². The van der Waals surface area contributed by atoms with Crippen LogP contribution in [0.25, 0.3) is 0 Å². The predicted molar refractivity (Wildman–Crippen MR) is 124 cm³/mol. The molecular formula is C19H27N5O6S2. The number of hydrogen-bond donors (Lipinski definition) is 6. The zero-order valence-electron chi connectivity index (χ0n) is 17.3. The Morgan fingerprint density at radius 1 is 0.875 bits per heavy atom. The highest BCUT2D eigenvalue weighted by Crippen LogP contribution is 2.19. The van der Waals surface area contributed by atoms with Crippen molar-refractivity contribution in [2.24, 2.45) is 5.73 Å². The predicted octanol–water partition coefficient (Wildman–Crippen LogP) is -0.669. The monoisotopic (exact) mass is 485 g/mol. The first-order valence-corrected chi connectivity index (χ1v) is 12.2. The number of amides is 4. The lowest BCUT2D eigenvalue weighted by Gasteiger charge is -2.08. The van der Waals surface area contributed by atoms with Gasteiger partial charge >= 0.3 is 11.9 Å². The summed E-state index contributed by atoms with van der Waals surface area (Å²) in [6, 6.07) is 6.54. The molecule has 13 heteroatoms. The molecule has 1 aromatic rings. The smallest absolute Gasteiger partial charge is 0.394 e. The molecule has 0 heterocycles. The molecule has 0 spiro atoms. The number of nitrogens with two attached hydrogens (primary N) is 1. The fourth-order valence-electron chi connectivity index (χ4n) is 2.18. The van der Waals surface area contributed by atoms with Gasteiger partial charge in [-0.05, 0) is 24.1 Å². The second-order valence-corrected chi connectivity index (χ2v) is 8.89. The van der Waals surface area contributed by atoms with Crippen LogP contribution in [-0.4, -0.2) is 72.4 Å². The number of carboxylic acid groups (broad SMARTS) is 1. The van der Waals surface area contributed by atoms with Gasteiger partial charge in [0.25, 0.3) is 0 Å². The van der Waals surface area contributed by atoms with Crippen molar-refractivity contribution < 1.29 is 29.1 Å². The minimum Gasteiger partial charge on any atom is -0.474 e. The van der Waals surface area contributed by atoms with Crippen LogP contribution in [0.1, 0.15) is 12.0 Å². The number of benzene rings is 1. The third kappa shape index (κ3) is 12.8. The summed E-state index contributed by atoms with van der Waals surface area (Å²) in [7, 11) is 2.92. The number of rotatable bonds is 14. The van der Waals surface area contributed by atoms with Gasteiger partial charge in [0, 0.05) is 37.5 Å². The SMILES string of the molecule is NCCSSCC(=O)NCCC(=O)NCC(=O)NCCc1ccc(NC(=O)C(=O)O)cc1. The summed E-state index contributed by atoms with van der Waals surface area (Å²) < 4.78 is 0. The molecule has 1 aromatic carbocycles. The number of aliphatic carboxylic acids is 1. The molecule has 7 N–H and O–H groups in total. The highest BCUT2D eigenvalue weighted by molar-refractivity contribution is 8.76. The van der Waals surface area contributed by atoms with Crippen LogP contribution in [0.15, 0.2) is 24.3 Å². The number of carboxylic acids is 1. The van der Waals surface area contributed by atoms with Crippen molar-refractivity contribution in [2.45, 2.75) is 12.8 Å². The van der Waals surface area contributed by atoms with E-state index in [2.05, 4.69) is 21.3 Å². The highest BCUT2D eigenvalue weighted by atomic mass is 33.1. The summed E-state index contributed by atoms with van der Waals surface area (Å²) in [6.07, 6.45) is 0.588. The zero-order valence-corrected chi connectivity index (χ0v) is 19.0. The van der Waals surface area contributed by atoms with Crippen LogP contribution in [0.2, 0.25) is 0 Å². The lowest BCUT2D eigenvalue weighted by molar-refractivity contribution is -0.147. The number of carbonyl (C=O) groups excluding carboxylic acids is 4. The third-order valence-corrected chi connectivity index (χ3v) is 6.04. The Hall–Kier alpha value is -2.77. The van der Waals surface area contributed by atoms with E-state index >= 15 is 0 Å². The van der Waals surface area contributed by atoms with Gasteiger partial charge in [0.05, 0.1) is 12.3 Å². The van der Waals surface area contributed by atoms with Crippen molar-refractivity contribution in [1.82, 2.24) is 16.0 Å². The quantitative estimate of drug-likeness (QED) is 0.113. The topological polar surface area (TPSA) is 180 Å². The average molecular weight is 486 g/mol. The Morgan fingerprint density at radius 3 is 2.22 bits per heavy atom. The minimum absolute atomic E-state index is 0.0738. The summed E-state index contributed by atoms with van der Waals surface area (Å²) in [6.45, 7) is 0.915. The second kappa shape index (κ2) is 15.9. The van der Waals surface area contributed by atoms with Gasteiger partial charge in [-0.25, -0.2) is 4.79 Å². The van der Waals surface area contributed by atoms with E-state index < -0.39 is 11.9 Å². The Balaban J connectivity index is 2.14. The van der Waals surface area contributed by atoms with Crippen LogP contribution < -0.4 is 27.0 Å². The van der Waals surface area contributed by atoms with Crippen LogP contribution in [0, 0.1) is 0 Å². The van der Waals surface area contributed by atoms with Gasteiger partial charge in [0.15, 0.2) is 0 Å². The Kier molecular flexibility index (Phi) is 13.6. The largest absolute Gasteiger partial charge is 0.474 e. The lowest BCUT2D eigenvalue weighted by atomic mass is 10.1. The molecule has 0 atom stereocenters. The van der Waals surface area contributed by atoms with Gasteiger partial charge in [-0.2, -0.15) is 0 Å².